The van der Waals surface area contributed by atoms with Crippen molar-refractivity contribution >= 4 is 11.6 Å². The van der Waals surface area contributed by atoms with Crippen LogP contribution in [0.3, 0.4) is 0 Å². The van der Waals surface area contributed by atoms with E-state index in [4.69, 9.17) is 16.2 Å². The normalized spacial score (nSPS) is 16.7. The molecule has 0 fully saturated rings. The Morgan fingerprint density at radius 3 is 2.95 bits per heavy atom. The zero-order valence-electron chi connectivity index (χ0n) is 10.9. The molecule has 0 saturated carbocycles. The zero-order valence-corrected chi connectivity index (χ0v) is 10.9. The van der Waals surface area contributed by atoms with Gasteiger partial charge in [0, 0.05) is 11.9 Å². The number of pyridine rings is 1. The fraction of sp³-hybridized carbons (Fsp3) is 0.200. The smallest absolute Gasteiger partial charge is 0.250 e. The van der Waals surface area contributed by atoms with Crippen molar-refractivity contribution in [3.63, 3.8) is 0 Å². The third-order valence-electron chi connectivity index (χ3n) is 3.47. The molecular formula is C15H15N3O2. The van der Waals surface area contributed by atoms with E-state index in [2.05, 4.69) is 4.98 Å². The van der Waals surface area contributed by atoms with Gasteiger partial charge in [0.1, 0.15) is 11.9 Å². The molecule has 0 bridgehead atoms. The number of primary amides is 1. The largest absolute Gasteiger partial charge is 0.484 e. The van der Waals surface area contributed by atoms with Gasteiger partial charge in [-0.05, 0) is 42.2 Å². The Hall–Kier alpha value is -2.56. The number of hydrogen-bond donors (Lipinski definition) is 2. The summed E-state index contributed by atoms with van der Waals surface area (Å²) >= 11 is 0. The molecule has 1 amide bonds. The Kier molecular flexibility index (Phi) is 3.02. The number of nitrogens with zero attached hydrogens (tertiary/aromatic N) is 1. The molecule has 0 spiro atoms. The first-order valence-electron chi connectivity index (χ1n) is 6.43. The van der Waals surface area contributed by atoms with Crippen LogP contribution in [0.15, 0.2) is 36.7 Å². The van der Waals surface area contributed by atoms with Crippen molar-refractivity contribution < 1.29 is 9.53 Å². The minimum atomic E-state index is -0.515. The highest BCUT2D eigenvalue weighted by Crippen LogP contribution is 2.35. The summed E-state index contributed by atoms with van der Waals surface area (Å²) in [6.07, 6.45) is 4.80. The van der Waals surface area contributed by atoms with Gasteiger partial charge in [-0.3, -0.25) is 9.78 Å². The second-order valence-corrected chi connectivity index (χ2v) is 4.88. The van der Waals surface area contributed by atoms with Crippen LogP contribution in [-0.4, -0.2) is 10.9 Å². The van der Waals surface area contributed by atoms with Crippen LogP contribution >= 0.6 is 0 Å². The number of hydrogen-bond acceptors (Lipinski definition) is 4. The molecule has 3 rings (SSSR count). The van der Waals surface area contributed by atoms with E-state index in [1.807, 2.05) is 18.2 Å². The molecule has 1 aliphatic carbocycles. The van der Waals surface area contributed by atoms with Crippen LogP contribution in [0.25, 0.3) is 0 Å². The van der Waals surface area contributed by atoms with Gasteiger partial charge in [0.2, 0.25) is 5.91 Å². The van der Waals surface area contributed by atoms with E-state index in [1.165, 1.54) is 11.8 Å². The van der Waals surface area contributed by atoms with Gasteiger partial charge >= 0.3 is 0 Å². The van der Waals surface area contributed by atoms with Gasteiger partial charge in [0.25, 0.3) is 0 Å². The van der Waals surface area contributed by atoms with Crippen molar-refractivity contribution in [2.24, 2.45) is 5.73 Å². The summed E-state index contributed by atoms with van der Waals surface area (Å²) in [4.78, 5) is 15.1. The lowest BCUT2D eigenvalue weighted by atomic mass is 10.1. The van der Waals surface area contributed by atoms with Crippen LogP contribution in [0, 0.1) is 0 Å². The van der Waals surface area contributed by atoms with Gasteiger partial charge in [-0.15, -0.1) is 0 Å². The van der Waals surface area contributed by atoms with Crippen LogP contribution in [0.5, 0.6) is 5.75 Å². The monoisotopic (exact) mass is 269 g/mol. The highest BCUT2D eigenvalue weighted by molar-refractivity contribution is 5.92. The number of ether oxygens (including phenoxy) is 1. The van der Waals surface area contributed by atoms with Crippen LogP contribution in [0.4, 0.5) is 5.69 Å². The van der Waals surface area contributed by atoms with E-state index in [0.717, 1.165) is 24.1 Å². The first kappa shape index (κ1) is 12.5. The summed E-state index contributed by atoms with van der Waals surface area (Å²) < 4.78 is 5.92. The lowest BCUT2D eigenvalue weighted by molar-refractivity contribution is 0.0999. The highest BCUT2D eigenvalue weighted by atomic mass is 16.5. The number of benzene rings is 1. The van der Waals surface area contributed by atoms with Gasteiger partial charge in [0.05, 0.1) is 11.8 Å². The molecule has 5 nitrogen and oxygen atoms in total. The first-order valence-corrected chi connectivity index (χ1v) is 6.43. The summed E-state index contributed by atoms with van der Waals surface area (Å²) in [5, 5.41) is 0. The van der Waals surface area contributed by atoms with E-state index in [9.17, 15) is 4.79 Å². The Morgan fingerprint density at radius 2 is 2.15 bits per heavy atom. The second-order valence-electron chi connectivity index (χ2n) is 4.88. The van der Waals surface area contributed by atoms with E-state index >= 15 is 0 Å². The third kappa shape index (κ3) is 2.30. The maximum absolute atomic E-state index is 11.1. The van der Waals surface area contributed by atoms with Crippen LogP contribution in [0.1, 0.15) is 34.0 Å². The molecule has 1 aromatic carbocycles. The van der Waals surface area contributed by atoms with Crippen molar-refractivity contribution in [1.82, 2.24) is 4.98 Å². The van der Waals surface area contributed by atoms with Gasteiger partial charge in [0.15, 0.2) is 0 Å². The highest BCUT2D eigenvalue weighted by Gasteiger charge is 2.24. The number of nitrogens with two attached hydrogens (primary N) is 2. The fourth-order valence-electron chi connectivity index (χ4n) is 2.49. The molecule has 5 heteroatoms. The standard InChI is InChI=1S/C15H15N3O2/c16-11-3-1-9-2-4-14(13(9)6-11)20-12-5-10(15(17)19)7-18-8-12/h1,3,5-8,14H,2,4,16H2,(H2,17,19). The van der Waals surface area contributed by atoms with Crippen LogP contribution in [-0.2, 0) is 6.42 Å². The van der Waals surface area contributed by atoms with Crippen molar-refractivity contribution in [2.45, 2.75) is 18.9 Å². The van der Waals surface area contributed by atoms with Gasteiger partial charge in [-0.2, -0.15) is 0 Å². The lowest BCUT2D eigenvalue weighted by Gasteiger charge is -2.15. The van der Waals surface area contributed by atoms with E-state index in [1.54, 1.807) is 12.3 Å². The number of fused-ring (bicyclic) bond motifs is 1. The number of anilines is 1. The van der Waals surface area contributed by atoms with Crippen LogP contribution in [0.2, 0.25) is 0 Å². The molecule has 1 atom stereocenters. The summed E-state index contributed by atoms with van der Waals surface area (Å²) in [6.45, 7) is 0. The summed E-state index contributed by atoms with van der Waals surface area (Å²) in [5.74, 6) is 0.0283. The molecule has 20 heavy (non-hydrogen) atoms. The predicted molar refractivity (Wildman–Crippen MR) is 75.3 cm³/mol. The predicted octanol–water partition coefficient (Wildman–Crippen LogP) is 1.83. The quantitative estimate of drug-likeness (QED) is 0.831. The Labute approximate surface area is 116 Å². The maximum Gasteiger partial charge on any atom is 0.250 e. The molecule has 102 valence electrons. The average Bonchev–Trinajstić information content (AvgIpc) is 2.82. The van der Waals surface area contributed by atoms with Crippen molar-refractivity contribution in [3.05, 3.63) is 53.3 Å². The van der Waals surface area contributed by atoms with Gasteiger partial charge in [-0.25, -0.2) is 0 Å². The Bertz CT molecular complexity index is 670. The minimum Gasteiger partial charge on any atom is -0.484 e. The van der Waals surface area contributed by atoms with E-state index in [-0.39, 0.29) is 6.10 Å². The van der Waals surface area contributed by atoms with Crippen LogP contribution < -0.4 is 16.2 Å². The maximum atomic E-state index is 11.1. The van der Waals surface area contributed by atoms with Crippen molar-refractivity contribution in [2.75, 3.05) is 5.73 Å². The fourth-order valence-corrected chi connectivity index (χ4v) is 2.49. The number of aromatic nitrogens is 1. The van der Waals surface area contributed by atoms with Gasteiger partial charge in [-0.1, -0.05) is 6.07 Å². The molecular weight excluding hydrogens is 254 g/mol. The van der Waals surface area contributed by atoms with Gasteiger partial charge < -0.3 is 16.2 Å². The van der Waals surface area contributed by atoms with E-state index < -0.39 is 5.91 Å². The molecule has 1 unspecified atom stereocenters. The number of nitrogen functional groups attached to an aromatic ring is 1. The molecule has 4 N–H and O–H groups in total. The summed E-state index contributed by atoms with van der Waals surface area (Å²) in [6, 6.07) is 7.49. The molecule has 0 saturated heterocycles. The first-order chi connectivity index (χ1) is 9.63. The molecule has 2 aromatic rings. The summed E-state index contributed by atoms with van der Waals surface area (Å²) in [5.41, 5.74) is 14.5. The number of aryl methyl sites for hydroxylation is 1. The van der Waals surface area contributed by atoms with Crippen molar-refractivity contribution in [1.29, 1.82) is 0 Å². The van der Waals surface area contributed by atoms with E-state index in [0.29, 0.717) is 11.3 Å². The molecule has 1 aromatic heterocycles. The SMILES string of the molecule is NC(=O)c1cncc(OC2CCc3ccc(N)cc32)c1. The molecule has 1 heterocycles. The average molecular weight is 269 g/mol. The molecule has 1 aliphatic rings. The summed E-state index contributed by atoms with van der Waals surface area (Å²) in [7, 11) is 0. The number of rotatable bonds is 3. The number of carbonyl (C=O) groups excluding carboxylic acids is 1. The zero-order chi connectivity index (χ0) is 14.1. The second kappa shape index (κ2) is 4.85. The Morgan fingerprint density at radius 1 is 1.30 bits per heavy atom. The van der Waals surface area contributed by atoms with Crippen molar-refractivity contribution in [3.8, 4) is 5.75 Å². The lowest BCUT2D eigenvalue weighted by Crippen LogP contribution is -2.12. The third-order valence-corrected chi connectivity index (χ3v) is 3.47. The molecule has 0 aliphatic heterocycles. The number of carbonyl (C=O) groups is 1. The molecule has 0 radical (unpaired) electrons. The number of amides is 1. The Balaban J connectivity index is 1.85. The minimum absolute atomic E-state index is 0.0570. The topological polar surface area (TPSA) is 91.2 Å².